The van der Waals surface area contributed by atoms with Crippen molar-refractivity contribution in [2.45, 2.75) is 31.8 Å². The average Bonchev–Trinajstić information content (AvgIpc) is 2.68. The number of nitrogens with zero attached hydrogens (tertiary/aromatic N) is 1. The third kappa shape index (κ3) is 6.34. The van der Waals surface area contributed by atoms with E-state index < -0.39 is 28.7 Å². The molecule has 31 heavy (non-hydrogen) atoms. The van der Waals surface area contributed by atoms with Crippen molar-refractivity contribution in [3.8, 4) is 5.75 Å². The topological polar surface area (TPSA) is 75.7 Å². The minimum Gasteiger partial charge on any atom is -0.482 e. The van der Waals surface area contributed by atoms with Crippen LogP contribution in [0.1, 0.15) is 29.8 Å². The van der Waals surface area contributed by atoms with Gasteiger partial charge in [-0.1, -0.05) is 31.5 Å². The first-order valence-electron chi connectivity index (χ1n) is 9.30. The van der Waals surface area contributed by atoms with Crippen LogP contribution in [0.2, 0.25) is 5.02 Å². The summed E-state index contributed by atoms with van der Waals surface area (Å²) in [5, 5.41) is 2.43. The predicted octanol–water partition coefficient (Wildman–Crippen LogP) is 4.87. The molecule has 0 saturated carbocycles. The van der Waals surface area contributed by atoms with Crippen LogP contribution >= 0.6 is 11.6 Å². The Balaban J connectivity index is 2.37. The summed E-state index contributed by atoms with van der Waals surface area (Å²) in [6, 6.07) is 8.03. The number of amides is 1. The van der Waals surface area contributed by atoms with Gasteiger partial charge in [0.2, 0.25) is 10.0 Å². The zero-order chi connectivity index (χ0) is 23.4. The van der Waals surface area contributed by atoms with Crippen LogP contribution in [0.3, 0.4) is 0 Å². The first kappa shape index (κ1) is 25.0. The Labute approximate surface area is 184 Å². The quantitative estimate of drug-likeness (QED) is 0.587. The standard InChI is InChI=1S/C20H22ClF3N2O4S/c1-4-26(5-2)31(28,29)14-7-8-16(21)15(11-14)19(27)25-17-9-6-13(3)10-18(17)30-12-20(22,23)24/h6-11H,4-5,12H2,1-3H3,(H,25,27). The Morgan fingerprint density at radius 2 is 1.77 bits per heavy atom. The molecule has 1 N–H and O–H groups in total. The van der Waals surface area contributed by atoms with Gasteiger partial charge in [0.05, 0.1) is 21.2 Å². The second-order valence-corrected chi connectivity index (χ2v) is 8.93. The Morgan fingerprint density at radius 3 is 2.35 bits per heavy atom. The molecule has 0 radical (unpaired) electrons. The van der Waals surface area contributed by atoms with Crippen molar-refractivity contribution in [1.82, 2.24) is 4.31 Å². The molecule has 1 amide bonds. The van der Waals surface area contributed by atoms with Crippen molar-refractivity contribution in [1.29, 1.82) is 0 Å². The van der Waals surface area contributed by atoms with Gasteiger partial charge in [-0.15, -0.1) is 0 Å². The number of carbonyl (C=O) groups is 1. The van der Waals surface area contributed by atoms with Crippen molar-refractivity contribution >= 4 is 33.2 Å². The zero-order valence-corrected chi connectivity index (χ0v) is 18.7. The summed E-state index contributed by atoms with van der Waals surface area (Å²) in [6.07, 6.45) is -4.55. The van der Waals surface area contributed by atoms with Gasteiger partial charge in [0.25, 0.3) is 5.91 Å². The molecule has 2 aromatic carbocycles. The van der Waals surface area contributed by atoms with Gasteiger partial charge in [0.1, 0.15) is 5.75 Å². The molecule has 0 saturated heterocycles. The van der Waals surface area contributed by atoms with E-state index in [-0.39, 0.29) is 40.0 Å². The molecule has 0 heterocycles. The van der Waals surface area contributed by atoms with Crippen LogP contribution in [0.25, 0.3) is 0 Å². The molecule has 0 aromatic heterocycles. The highest BCUT2D eigenvalue weighted by Gasteiger charge is 2.29. The van der Waals surface area contributed by atoms with Crippen molar-refractivity contribution in [2.24, 2.45) is 0 Å². The monoisotopic (exact) mass is 478 g/mol. The minimum absolute atomic E-state index is 0.00656. The molecule has 6 nitrogen and oxygen atoms in total. The lowest BCUT2D eigenvalue weighted by Crippen LogP contribution is -2.30. The molecule has 0 unspecified atom stereocenters. The van der Waals surface area contributed by atoms with Gasteiger partial charge in [0, 0.05) is 13.1 Å². The van der Waals surface area contributed by atoms with Crippen LogP contribution in [0, 0.1) is 6.92 Å². The molecular weight excluding hydrogens is 457 g/mol. The van der Waals surface area contributed by atoms with Crippen LogP contribution in [-0.2, 0) is 10.0 Å². The maximum absolute atomic E-state index is 12.8. The van der Waals surface area contributed by atoms with Crippen molar-refractivity contribution in [3.63, 3.8) is 0 Å². The van der Waals surface area contributed by atoms with Gasteiger partial charge in [-0.25, -0.2) is 8.42 Å². The minimum atomic E-state index is -4.55. The third-order valence-corrected chi connectivity index (χ3v) is 6.68. The first-order valence-corrected chi connectivity index (χ1v) is 11.1. The predicted molar refractivity (Wildman–Crippen MR) is 112 cm³/mol. The van der Waals surface area contributed by atoms with E-state index in [9.17, 15) is 26.4 Å². The Morgan fingerprint density at radius 1 is 1.13 bits per heavy atom. The number of alkyl halides is 3. The Kier molecular flexibility index (Phi) is 7.96. The Bertz CT molecular complexity index is 1050. The highest BCUT2D eigenvalue weighted by molar-refractivity contribution is 7.89. The normalized spacial score (nSPS) is 12.1. The van der Waals surface area contributed by atoms with Crippen LogP contribution in [0.15, 0.2) is 41.3 Å². The molecule has 0 atom stereocenters. The number of sulfonamides is 1. The summed E-state index contributed by atoms with van der Waals surface area (Å²) in [6.45, 7) is 3.98. The summed E-state index contributed by atoms with van der Waals surface area (Å²) < 4.78 is 69.1. The molecular formula is C20H22ClF3N2O4S. The molecule has 2 rings (SSSR count). The molecule has 0 aliphatic carbocycles. The number of hydrogen-bond acceptors (Lipinski definition) is 4. The van der Waals surface area contributed by atoms with Crippen molar-refractivity contribution in [3.05, 3.63) is 52.5 Å². The van der Waals surface area contributed by atoms with Gasteiger partial charge in [-0.05, 0) is 42.8 Å². The Hall–Kier alpha value is -2.30. The van der Waals surface area contributed by atoms with Gasteiger partial charge in [0.15, 0.2) is 6.61 Å². The summed E-state index contributed by atoms with van der Waals surface area (Å²) in [5.74, 6) is -0.962. The summed E-state index contributed by atoms with van der Waals surface area (Å²) in [4.78, 5) is 12.7. The summed E-state index contributed by atoms with van der Waals surface area (Å²) >= 11 is 6.09. The van der Waals surface area contributed by atoms with Crippen molar-refractivity contribution < 1.29 is 31.1 Å². The van der Waals surface area contributed by atoms with E-state index in [1.54, 1.807) is 26.8 Å². The maximum atomic E-state index is 12.8. The fourth-order valence-electron chi connectivity index (χ4n) is 2.75. The average molecular weight is 479 g/mol. The third-order valence-electron chi connectivity index (χ3n) is 4.30. The van der Waals surface area contributed by atoms with Crippen LogP contribution in [0.4, 0.5) is 18.9 Å². The SMILES string of the molecule is CCN(CC)S(=O)(=O)c1ccc(Cl)c(C(=O)Nc2ccc(C)cc2OCC(F)(F)F)c1. The lowest BCUT2D eigenvalue weighted by molar-refractivity contribution is -0.153. The number of halogens is 4. The van der Waals surface area contributed by atoms with E-state index in [0.717, 1.165) is 6.07 Å². The number of anilines is 1. The first-order chi connectivity index (χ1) is 14.4. The van der Waals surface area contributed by atoms with E-state index in [0.29, 0.717) is 5.56 Å². The molecule has 2 aromatic rings. The number of ether oxygens (including phenoxy) is 1. The van der Waals surface area contributed by atoms with Crippen LogP contribution < -0.4 is 10.1 Å². The fourth-order valence-corrected chi connectivity index (χ4v) is 4.44. The maximum Gasteiger partial charge on any atom is 0.422 e. The molecule has 0 aliphatic rings. The van der Waals surface area contributed by atoms with E-state index in [1.165, 1.54) is 28.6 Å². The number of rotatable bonds is 8. The number of benzene rings is 2. The van der Waals surface area contributed by atoms with Gasteiger partial charge >= 0.3 is 6.18 Å². The second-order valence-electron chi connectivity index (χ2n) is 6.59. The number of hydrogen-bond donors (Lipinski definition) is 1. The second kappa shape index (κ2) is 9.88. The van der Waals surface area contributed by atoms with Gasteiger partial charge in [-0.3, -0.25) is 4.79 Å². The fraction of sp³-hybridized carbons (Fsp3) is 0.350. The van der Waals surface area contributed by atoms with Gasteiger partial charge in [-0.2, -0.15) is 17.5 Å². The molecule has 0 bridgehead atoms. The van der Waals surface area contributed by atoms with Crippen molar-refractivity contribution in [2.75, 3.05) is 25.0 Å². The van der Waals surface area contributed by atoms with Crippen LogP contribution in [-0.4, -0.2) is 44.5 Å². The highest BCUT2D eigenvalue weighted by Crippen LogP contribution is 2.30. The molecule has 11 heteroatoms. The molecule has 0 aliphatic heterocycles. The molecule has 0 fully saturated rings. The number of nitrogens with one attached hydrogen (secondary N) is 1. The smallest absolute Gasteiger partial charge is 0.422 e. The number of carbonyl (C=O) groups excluding carboxylic acids is 1. The van der Waals surface area contributed by atoms with E-state index >= 15 is 0 Å². The lowest BCUT2D eigenvalue weighted by atomic mass is 10.1. The van der Waals surface area contributed by atoms with E-state index in [4.69, 9.17) is 16.3 Å². The largest absolute Gasteiger partial charge is 0.482 e. The van der Waals surface area contributed by atoms with E-state index in [1.807, 2.05) is 0 Å². The van der Waals surface area contributed by atoms with Crippen LogP contribution in [0.5, 0.6) is 5.75 Å². The summed E-state index contributed by atoms with van der Waals surface area (Å²) in [5.41, 5.74) is 0.477. The zero-order valence-electron chi connectivity index (χ0n) is 17.1. The number of aryl methyl sites for hydroxylation is 1. The molecule has 0 spiro atoms. The lowest BCUT2D eigenvalue weighted by Gasteiger charge is -2.19. The highest BCUT2D eigenvalue weighted by atomic mass is 35.5. The molecule has 170 valence electrons. The summed E-state index contributed by atoms with van der Waals surface area (Å²) in [7, 11) is -3.84. The van der Waals surface area contributed by atoms with Gasteiger partial charge < -0.3 is 10.1 Å². The van der Waals surface area contributed by atoms with E-state index in [2.05, 4.69) is 5.32 Å².